The van der Waals surface area contributed by atoms with Gasteiger partial charge in [-0.05, 0) is 23.4 Å². The van der Waals surface area contributed by atoms with Crippen LogP contribution >= 0.6 is 11.6 Å². The SMILES string of the molecule is Fc1cccc2c(CCNc3cc(Cl)ncn3)cccc12. The van der Waals surface area contributed by atoms with Crippen LogP contribution in [-0.4, -0.2) is 16.5 Å². The second-order valence-corrected chi connectivity index (χ2v) is 5.04. The van der Waals surface area contributed by atoms with Gasteiger partial charge < -0.3 is 5.32 Å². The zero-order chi connectivity index (χ0) is 14.7. The Balaban J connectivity index is 1.75. The number of halogens is 2. The molecule has 0 atom stereocenters. The summed E-state index contributed by atoms with van der Waals surface area (Å²) in [5, 5.41) is 5.18. The largest absolute Gasteiger partial charge is 0.370 e. The first kappa shape index (κ1) is 13.8. The van der Waals surface area contributed by atoms with Crippen molar-refractivity contribution in [3.05, 3.63) is 65.3 Å². The van der Waals surface area contributed by atoms with Crippen molar-refractivity contribution in [3.63, 3.8) is 0 Å². The molecule has 0 aliphatic heterocycles. The van der Waals surface area contributed by atoms with Crippen molar-refractivity contribution >= 4 is 28.2 Å². The minimum absolute atomic E-state index is 0.190. The number of anilines is 1. The van der Waals surface area contributed by atoms with Crippen molar-refractivity contribution in [1.29, 1.82) is 0 Å². The lowest BCUT2D eigenvalue weighted by Crippen LogP contribution is -2.06. The summed E-state index contributed by atoms with van der Waals surface area (Å²) in [6.45, 7) is 0.684. The Labute approximate surface area is 126 Å². The van der Waals surface area contributed by atoms with Crippen LogP contribution in [-0.2, 0) is 6.42 Å². The topological polar surface area (TPSA) is 37.8 Å². The van der Waals surface area contributed by atoms with E-state index in [9.17, 15) is 4.39 Å². The third-order valence-corrected chi connectivity index (χ3v) is 3.50. The molecule has 3 aromatic rings. The minimum Gasteiger partial charge on any atom is -0.370 e. The number of nitrogens with zero attached hydrogens (tertiary/aromatic N) is 2. The molecule has 3 rings (SSSR count). The van der Waals surface area contributed by atoms with Gasteiger partial charge in [-0.2, -0.15) is 0 Å². The Kier molecular flexibility index (Phi) is 3.97. The van der Waals surface area contributed by atoms with Gasteiger partial charge in [0.25, 0.3) is 0 Å². The maximum atomic E-state index is 13.8. The van der Waals surface area contributed by atoms with Crippen LogP contribution in [0.25, 0.3) is 10.8 Å². The standard InChI is InChI=1S/C16H13ClFN3/c17-15-9-16(21-10-20-15)19-8-7-11-3-1-5-13-12(11)4-2-6-14(13)18/h1-6,9-10H,7-8H2,(H,19,20,21). The van der Waals surface area contributed by atoms with E-state index in [1.807, 2.05) is 18.2 Å². The number of hydrogen-bond acceptors (Lipinski definition) is 3. The summed E-state index contributed by atoms with van der Waals surface area (Å²) in [6, 6.07) is 12.5. The molecule has 3 nitrogen and oxygen atoms in total. The van der Waals surface area contributed by atoms with Gasteiger partial charge in [-0.3, -0.25) is 0 Å². The van der Waals surface area contributed by atoms with Gasteiger partial charge >= 0.3 is 0 Å². The Bertz CT molecular complexity index is 776. The molecule has 1 aromatic heterocycles. The zero-order valence-electron chi connectivity index (χ0n) is 11.2. The fraction of sp³-hybridized carbons (Fsp3) is 0.125. The molecule has 0 aliphatic carbocycles. The van der Waals surface area contributed by atoms with Crippen LogP contribution in [0.4, 0.5) is 10.2 Å². The summed E-state index contributed by atoms with van der Waals surface area (Å²) in [6.07, 6.45) is 2.18. The van der Waals surface area contributed by atoms with Gasteiger partial charge in [0.15, 0.2) is 0 Å². The summed E-state index contributed by atoms with van der Waals surface area (Å²) in [7, 11) is 0. The Morgan fingerprint density at radius 2 is 1.86 bits per heavy atom. The molecule has 106 valence electrons. The smallest absolute Gasteiger partial charge is 0.134 e. The molecule has 1 N–H and O–H groups in total. The van der Waals surface area contributed by atoms with Crippen LogP contribution in [0.2, 0.25) is 5.15 Å². The number of benzene rings is 2. The number of hydrogen-bond donors (Lipinski definition) is 1. The van der Waals surface area contributed by atoms with E-state index in [4.69, 9.17) is 11.6 Å². The fourth-order valence-electron chi connectivity index (χ4n) is 2.31. The number of nitrogens with one attached hydrogen (secondary N) is 1. The molecule has 0 spiro atoms. The zero-order valence-corrected chi connectivity index (χ0v) is 11.9. The normalized spacial score (nSPS) is 10.8. The first-order valence-corrected chi connectivity index (χ1v) is 6.99. The number of rotatable bonds is 4. The van der Waals surface area contributed by atoms with Crippen LogP contribution in [0.5, 0.6) is 0 Å². The van der Waals surface area contributed by atoms with Crippen LogP contribution < -0.4 is 5.32 Å². The second kappa shape index (κ2) is 6.06. The highest BCUT2D eigenvalue weighted by Gasteiger charge is 2.04. The van der Waals surface area contributed by atoms with Crippen molar-refractivity contribution < 1.29 is 4.39 Å². The van der Waals surface area contributed by atoms with E-state index in [0.717, 1.165) is 17.4 Å². The van der Waals surface area contributed by atoms with Gasteiger partial charge in [0, 0.05) is 18.0 Å². The summed E-state index contributed by atoms with van der Waals surface area (Å²) < 4.78 is 13.8. The Morgan fingerprint density at radius 3 is 2.71 bits per heavy atom. The van der Waals surface area contributed by atoms with E-state index in [1.165, 1.54) is 12.4 Å². The predicted molar refractivity (Wildman–Crippen MR) is 83.1 cm³/mol. The third-order valence-electron chi connectivity index (χ3n) is 3.29. The molecule has 0 saturated carbocycles. The molecule has 1 heterocycles. The average molecular weight is 302 g/mol. The Morgan fingerprint density at radius 1 is 1.05 bits per heavy atom. The monoisotopic (exact) mass is 301 g/mol. The number of fused-ring (bicyclic) bond motifs is 1. The molecule has 0 saturated heterocycles. The highest BCUT2D eigenvalue weighted by molar-refractivity contribution is 6.29. The molecule has 0 amide bonds. The lowest BCUT2D eigenvalue weighted by atomic mass is 10.0. The van der Waals surface area contributed by atoms with E-state index in [1.54, 1.807) is 18.2 Å². The third kappa shape index (κ3) is 3.11. The summed E-state index contributed by atoms with van der Waals surface area (Å²) in [4.78, 5) is 7.91. The second-order valence-electron chi connectivity index (χ2n) is 4.65. The van der Waals surface area contributed by atoms with Crippen LogP contribution in [0.3, 0.4) is 0 Å². The number of aromatic nitrogens is 2. The van der Waals surface area contributed by atoms with E-state index >= 15 is 0 Å². The van der Waals surface area contributed by atoms with E-state index in [-0.39, 0.29) is 5.82 Å². The van der Waals surface area contributed by atoms with Gasteiger partial charge in [0.05, 0.1) is 0 Å². The Hall–Kier alpha value is -2.20. The lowest BCUT2D eigenvalue weighted by molar-refractivity contribution is 0.640. The molecular formula is C16H13ClFN3. The predicted octanol–water partition coefficient (Wildman–Crippen LogP) is 4.08. The molecule has 2 aromatic carbocycles. The maximum absolute atomic E-state index is 13.8. The molecular weight excluding hydrogens is 289 g/mol. The molecule has 0 aliphatic rings. The first-order chi connectivity index (χ1) is 10.2. The van der Waals surface area contributed by atoms with Crippen molar-refractivity contribution in [2.75, 3.05) is 11.9 Å². The lowest BCUT2D eigenvalue weighted by Gasteiger charge is -2.09. The van der Waals surface area contributed by atoms with Gasteiger partial charge in [-0.15, -0.1) is 0 Å². The van der Waals surface area contributed by atoms with Crippen molar-refractivity contribution in [1.82, 2.24) is 9.97 Å². The maximum Gasteiger partial charge on any atom is 0.134 e. The van der Waals surface area contributed by atoms with Crippen molar-refractivity contribution in [3.8, 4) is 0 Å². The van der Waals surface area contributed by atoms with Crippen molar-refractivity contribution in [2.24, 2.45) is 0 Å². The van der Waals surface area contributed by atoms with Gasteiger partial charge in [0.1, 0.15) is 23.1 Å². The molecule has 0 unspecified atom stereocenters. The minimum atomic E-state index is -0.190. The quantitative estimate of drug-likeness (QED) is 0.738. The van der Waals surface area contributed by atoms with Gasteiger partial charge in [-0.25, -0.2) is 14.4 Å². The highest BCUT2D eigenvalue weighted by Crippen LogP contribution is 2.22. The molecule has 0 radical (unpaired) electrons. The summed E-state index contributed by atoms with van der Waals surface area (Å²) >= 11 is 5.80. The van der Waals surface area contributed by atoms with E-state index in [0.29, 0.717) is 22.9 Å². The molecule has 0 bridgehead atoms. The van der Waals surface area contributed by atoms with Crippen molar-refractivity contribution in [2.45, 2.75) is 6.42 Å². The van der Waals surface area contributed by atoms with Gasteiger partial charge in [0.2, 0.25) is 0 Å². The van der Waals surface area contributed by atoms with Crippen LogP contribution in [0.15, 0.2) is 48.8 Å². The highest BCUT2D eigenvalue weighted by atomic mass is 35.5. The summed E-state index contributed by atoms with van der Waals surface area (Å²) in [5.74, 6) is 0.492. The molecule has 21 heavy (non-hydrogen) atoms. The first-order valence-electron chi connectivity index (χ1n) is 6.61. The van der Waals surface area contributed by atoms with Crippen LogP contribution in [0.1, 0.15) is 5.56 Å². The molecule has 0 fully saturated rings. The fourth-order valence-corrected chi connectivity index (χ4v) is 2.46. The average Bonchev–Trinajstić information content (AvgIpc) is 2.48. The van der Waals surface area contributed by atoms with E-state index < -0.39 is 0 Å². The van der Waals surface area contributed by atoms with Crippen LogP contribution in [0, 0.1) is 5.82 Å². The van der Waals surface area contributed by atoms with Gasteiger partial charge in [-0.1, -0.05) is 41.9 Å². The molecule has 5 heteroatoms. The summed E-state index contributed by atoms with van der Waals surface area (Å²) in [5.41, 5.74) is 1.10. The van der Waals surface area contributed by atoms with E-state index in [2.05, 4.69) is 15.3 Å².